The van der Waals surface area contributed by atoms with Crippen LogP contribution in [-0.4, -0.2) is 76.9 Å². The normalized spacial score (nSPS) is 31.7. The molecule has 0 spiro atoms. The average molecular weight is 412 g/mol. The van der Waals surface area contributed by atoms with Crippen LogP contribution in [0, 0.1) is 0 Å². The standard InChI is InChI=1S/C23H33N5O2/c29-22(25-17-9-13-27-11-3-1-5-20(17)27)16-7-8-19(24-15-16)23(30)26-18-10-14-28-12-4-2-6-21(18)28/h7-8,15,17-18,20-21H,1-6,9-14H2,(H,25,29)(H,26,30). The van der Waals surface area contributed by atoms with E-state index >= 15 is 0 Å². The molecular formula is C23H33N5O2. The maximum atomic E-state index is 12.7. The monoisotopic (exact) mass is 411 g/mol. The summed E-state index contributed by atoms with van der Waals surface area (Å²) in [5, 5.41) is 6.39. The van der Waals surface area contributed by atoms with Crippen molar-refractivity contribution in [3.63, 3.8) is 0 Å². The minimum Gasteiger partial charge on any atom is -0.348 e. The second kappa shape index (κ2) is 8.63. The van der Waals surface area contributed by atoms with Gasteiger partial charge in [-0.15, -0.1) is 0 Å². The molecule has 162 valence electrons. The number of nitrogens with zero attached hydrogens (tertiary/aromatic N) is 3. The lowest BCUT2D eigenvalue weighted by Gasteiger charge is -2.32. The molecule has 0 aliphatic carbocycles. The summed E-state index contributed by atoms with van der Waals surface area (Å²) in [4.78, 5) is 34.7. The molecule has 7 nitrogen and oxygen atoms in total. The first-order chi connectivity index (χ1) is 14.7. The van der Waals surface area contributed by atoms with Crippen LogP contribution in [0.5, 0.6) is 0 Å². The van der Waals surface area contributed by atoms with Crippen molar-refractivity contribution < 1.29 is 9.59 Å². The van der Waals surface area contributed by atoms with Crippen LogP contribution >= 0.6 is 0 Å². The molecule has 0 aromatic carbocycles. The highest BCUT2D eigenvalue weighted by Gasteiger charge is 2.37. The van der Waals surface area contributed by atoms with E-state index in [2.05, 4.69) is 25.4 Å². The first-order valence-electron chi connectivity index (χ1n) is 11.7. The summed E-state index contributed by atoms with van der Waals surface area (Å²) < 4.78 is 0. The largest absolute Gasteiger partial charge is 0.348 e. The van der Waals surface area contributed by atoms with Crippen molar-refractivity contribution in [2.45, 2.75) is 75.5 Å². The molecule has 5 heterocycles. The van der Waals surface area contributed by atoms with Gasteiger partial charge in [-0.3, -0.25) is 24.4 Å². The number of fused-ring (bicyclic) bond motifs is 2. The number of hydrogen-bond acceptors (Lipinski definition) is 5. The van der Waals surface area contributed by atoms with Crippen molar-refractivity contribution in [1.82, 2.24) is 25.4 Å². The summed E-state index contributed by atoms with van der Waals surface area (Å²) in [6.45, 7) is 4.45. The van der Waals surface area contributed by atoms with Crippen LogP contribution in [0.3, 0.4) is 0 Å². The molecule has 4 atom stereocenters. The van der Waals surface area contributed by atoms with Gasteiger partial charge < -0.3 is 10.6 Å². The maximum Gasteiger partial charge on any atom is 0.270 e. The number of carbonyl (C=O) groups excluding carboxylic acids is 2. The first-order valence-corrected chi connectivity index (χ1v) is 11.7. The molecule has 7 heteroatoms. The molecule has 4 unspecified atom stereocenters. The fraction of sp³-hybridized carbons (Fsp3) is 0.696. The Hall–Kier alpha value is -1.99. The smallest absolute Gasteiger partial charge is 0.270 e. The fourth-order valence-corrected chi connectivity index (χ4v) is 5.99. The Morgan fingerprint density at radius 2 is 1.37 bits per heavy atom. The highest BCUT2D eigenvalue weighted by Crippen LogP contribution is 2.28. The molecule has 1 aromatic heterocycles. The molecule has 4 fully saturated rings. The number of rotatable bonds is 4. The van der Waals surface area contributed by atoms with E-state index in [4.69, 9.17) is 0 Å². The van der Waals surface area contributed by atoms with Crippen molar-refractivity contribution in [3.05, 3.63) is 29.6 Å². The van der Waals surface area contributed by atoms with Crippen molar-refractivity contribution in [1.29, 1.82) is 0 Å². The fourth-order valence-electron chi connectivity index (χ4n) is 5.99. The third-order valence-electron chi connectivity index (χ3n) is 7.60. The molecule has 5 rings (SSSR count). The van der Waals surface area contributed by atoms with Crippen molar-refractivity contribution in [3.8, 4) is 0 Å². The van der Waals surface area contributed by atoms with Gasteiger partial charge in [-0.05, 0) is 63.7 Å². The van der Waals surface area contributed by atoms with E-state index in [1.807, 2.05) is 0 Å². The topological polar surface area (TPSA) is 77.6 Å². The van der Waals surface area contributed by atoms with Gasteiger partial charge in [0, 0.05) is 43.5 Å². The van der Waals surface area contributed by atoms with Gasteiger partial charge in [0.15, 0.2) is 0 Å². The van der Waals surface area contributed by atoms with Gasteiger partial charge in [0.25, 0.3) is 11.8 Å². The van der Waals surface area contributed by atoms with Gasteiger partial charge >= 0.3 is 0 Å². The van der Waals surface area contributed by atoms with Crippen molar-refractivity contribution in [2.24, 2.45) is 0 Å². The Morgan fingerprint density at radius 1 is 0.767 bits per heavy atom. The number of carbonyl (C=O) groups is 2. The third-order valence-corrected chi connectivity index (χ3v) is 7.60. The molecule has 0 radical (unpaired) electrons. The van der Waals surface area contributed by atoms with Crippen LogP contribution in [0.15, 0.2) is 18.3 Å². The van der Waals surface area contributed by atoms with Crippen LogP contribution < -0.4 is 10.6 Å². The van der Waals surface area contributed by atoms with Crippen LogP contribution in [0.1, 0.15) is 72.2 Å². The number of hydrogen-bond donors (Lipinski definition) is 2. The van der Waals surface area contributed by atoms with Crippen LogP contribution in [0.2, 0.25) is 0 Å². The maximum absolute atomic E-state index is 12.7. The number of amides is 2. The quantitative estimate of drug-likeness (QED) is 0.790. The van der Waals surface area contributed by atoms with Crippen LogP contribution in [-0.2, 0) is 0 Å². The van der Waals surface area contributed by atoms with E-state index in [-0.39, 0.29) is 23.9 Å². The van der Waals surface area contributed by atoms with Crippen LogP contribution in [0.4, 0.5) is 0 Å². The average Bonchev–Trinajstić information content (AvgIpc) is 3.38. The zero-order valence-electron chi connectivity index (χ0n) is 17.7. The van der Waals surface area contributed by atoms with Gasteiger partial charge in [0.05, 0.1) is 5.56 Å². The predicted molar refractivity (Wildman–Crippen MR) is 114 cm³/mol. The minimum atomic E-state index is -0.131. The summed E-state index contributed by atoms with van der Waals surface area (Å²) in [6.07, 6.45) is 10.9. The molecular weight excluding hydrogens is 378 g/mol. The summed E-state index contributed by atoms with van der Waals surface area (Å²) in [7, 11) is 0. The lowest BCUT2D eigenvalue weighted by molar-refractivity contribution is 0.0899. The molecule has 4 aliphatic heterocycles. The number of pyridine rings is 1. The Bertz CT molecular complexity index is 717. The second-order valence-electron chi connectivity index (χ2n) is 9.37. The predicted octanol–water partition coefficient (Wildman–Crippen LogP) is 1.79. The number of aromatic nitrogens is 1. The first kappa shape index (κ1) is 19.9. The third kappa shape index (κ3) is 3.97. The zero-order chi connectivity index (χ0) is 20.5. The van der Waals surface area contributed by atoms with Gasteiger partial charge in [-0.1, -0.05) is 12.8 Å². The molecule has 4 aliphatic rings. The van der Waals surface area contributed by atoms with E-state index in [0.717, 1.165) is 45.4 Å². The lowest BCUT2D eigenvalue weighted by atomic mass is 9.99. The Labute approximate surface area is 178 Å². The zero-order valence-corrected chi connectivity index (χ0v) is 17.7. The second-order valence-corrected chi connectivity index (χ2v) is 9.37. The van der Waals surface area contributed by atoms with Crippen LogP contribution in [0.25, 0.3) is 0 Å². The summed E-state index contributed by atoms with van der Waals surface area (Å²) in [5.74, 6) is -0.214. The number of piperidine rings is 2. The summed E-state index contributed by atoms with van der Waals surface area (Å²) in [5.41, 5.74) is 0.917. The van der Waals surface area contributed by atoms with Crippen molar-refractivity contribution >= 4 is 11.8 Å². The van der Waals surface area contributed by atoms with Gasteiger partial charge in [0.1, 0.15) is 5.69 Å². The van der Waals surface area contributed by atoms with Crippen molar-refractivity contribution in [2.75, 3.05) is 26.2 Å². The lowest BCUT2D eigenvalue weighted by Crippen LogP contribution is -2.47. The van der Waals surface area contributed by atoms with E-state index < -0.39 is 0 Å². The molecule has 0 saturated carbocycles. The van der Waals surface area contributed by atoms with E-state index in [9.17, 15) is 9.59 Å². The highest BCUT2D eigenvalue weighted by atomic mass is 16.2. The molecule has 4 saturated heterocycles. The summed E-state index contributed by atoms with van der Waals surface area (Å²) >= 11 is 0. The Kier molecular flexibility index (Phi) is 5.74. The molecule has 2 N–H and O–H groups in total. The SMILES string of the molecule is O=C(NC1CCN2CCCCC12)c1ccc(C(=O)NC2CCN3CCCCC23)nc1. The Balaban J connectivity index is 1.17. The molecule has 30 heavy (non-hydrogen) atoms. The van der Waals surface area contributed by atoms with E-state index in [0.29, 0.717) is 23.3 Å². The minimum absolute atomic E-state index is 0.0829. The summed E-state index contributed by atoms with van der Waals surface area (Å²) in [6, 6.07) is 4.79. The highest BCUT2D eigenvalue weighted by molar-refractivity contribution is 5.96. The molecule has 2 amide bonds. The molecule has 1 aromatic rings. The van der Waals surface area contributed by atoms with Gasteiger partial charge in [0.2, 0.25) is 0 Å². The van der Waals surface area contributed by atoms with E-state index in [1.54, 1.807) is 18.3 Å². The molecule has 0 bridgehead atoms. The van der Waals surface area contributed by atoms with Gasteiger partial charge in [-0.2, -0.15) is 0 Å². The Morgan fingerprint density at radius 3 is 1.93 bits per heavy atom. The number of nitrogens with one attached hydrogen (secondary N) is 2. The van der Waals surface area contributed by atoms with Gasteiger partial charge in [-0.25, -0.2) is 0 Å². The van der Waals surface area contributed by atoms with E-state index in [1.165, 1.54) is 32.1 Å².